The van der Waals surface area contributed by atoms with Crippen molar-refractivity contribution in [2.45, 2.75) is 12.3 Å². The molecular weight excluding hydrogens is 294 g/mol. The quantitative estimate of drug-likeness (QED) is 0.756. The van der Waals surface area contributed by atoms with Crippen molar-refractivity contribution in [3.05, 3.63) is 77.9 Å². The molecule has 3 aromatic rings. The maximum Gasteiger partial charge on any atom is 0.115 e. The van der Waals surface area contributed by atoms with E-state index in [1.165, 1.54) is 21.9 Å². The van der Waals surface area contributed by atoms with Crippen LogP contribution in [0.15, 0.2) is 66.7 Å². The van der Waals surface area contributed by atoms with E-state index in [4.69, 9.17) is 5.73 Å². The molecule has 3 aromatic carbocycles. The van der Waals surface area contributed by atoms with Crippen LogP contribution in [0.25, 0.3) is 10.8 Å². The van der Waals surface area contributed by atoms with Gasteiger partial charge in [0, 0.05) is 5.92 Å². The molecule has 0 radical (unpaired) electrons. The molecule has 3 heteroatoms. The highest BCUT2D eigenvalue weighted by Gasteiger charge is 2.11. The minimum absolute atomic E-state index is 0. The molecule has 0 aromatic heterocycles. The maximum absolute atomic E-state index is 9.36. The van der Waals surface area contributed by atoms with Gasteiger partial charge in [-0.05, 0) is 47.0 Å². The van der Waals surface area contributed by atoms with E-state index in [-0.39, 0.29) is 12.4 Å². The van der Waals surface area contributed by atoms with Gasteiger partial charge < -0.3 is 10.8 Å². The third kappa shape index (κ3) is 3.59. The van der Waals surface area contributed by atoms with E-state index >= 15 is 0 Å². The van der Waals surface area contributed by atoms with E-state index in [2.05, 4.69) is 42.5 Å². The van der Waals surface area contributed by atoms with Crippen molar-refractivity contribution in [1.29, 1.82) is 0 Å². The average molecular weight is 314 g/mol. The van der Waals surface area contributed by atoms with Crippen LogP contribution in [0.2, 0.25) is 0 Å². The topological polar surface area (TPSA) is 46.2 Å². The number of nitrogens with two attached hydrogens (primary N) is 1. The highest BCUT2D eigenvalue weighted by atomic mass is 35.5. The molecule has 114 valence electrons. The number of hydrogen-bond acceptors (Lipinski definition) is 2. The molecule has 0 saturated heterocycles. The standard InChI is InChI=1S/C19H19NO.ClH/c20-13-18(11-14-5-9-19(21)10-6-14)17-8-7-15-3-1-2-4-16(15)12-17;/h1-10,12,18,21H,11,13,20H2;1H. The van der Waals surface area contributed by atoms with Gasteiger partial charge in [0.15, 0.2) is 0 Å². The van der Waals surface area contributed by atoms with Gasteiger partial charge in [0.05, 0.1) is 0 Å². The van der Waals surface area contributed by atoms with Crippen LogP contribution in [-0.2, 0) is 6.42 Å². The number of rotatable bonds is 4. The summed E-state index contributed by atoms with van der Waals surface area (Å²) in [5, 5.41) is 11.9. The summed E-state index contributed by atoms with van der Waals surface area (Å²) in [6, 6.07) is 22.3. The second-order valence-corrected chi connectivity index (χ2v) is 5.41. The highest BCUT2D eigenvalue weighted by molar-refractivity contribution is 5.85. The Morgan fingerprint density at radius 3 is 2.23 bits per heavy atom. The van der Waals surface area contributed by atoms with Crippen LogP contribution < -0.4 is 5.73 Å². The van der Waals surface area contributed by atoms with Crippen molar-refractivity contribution in [1.82, 2.24) is 0 Å². The fraction of sp³-hybridized carbons (Fsp3) is 0.158. The summed E-state index contributed by atoms with van der Waals surface area (Å²) >= 11 is 0. The van der Waals surface area contributed by atoms with Crippen LogP contribution in [-0.4, -0.2) is 11.7 Å². The third-order valence-electron chi connectivity index (χ3n) is 3.95. The SMILES string of the molecule is Cl.NCC(Cc1ccc(O)cc1)c1ccc2ccccc2c1. The van der Waals surface area contributed by atoms with Crippen molar-refractivity contribution in [2.24, 2.45) is 5.73 Å². The lowest BCUT2D eigenvalue weighted by molar-refractivity contribution is 0.475. The summed E-state index contributed by atoms with van der Waals surface area (Å²) in [4.78, 5) is 0. The first-order valence-corrected chi connectivity index (χ1v) is 7.23. The van der Waals surface area contributed by atoms with Crippen molar-refractivity contribution in [3.8, 4) is 5.75 Å². The highest BCUT2D eigenvalue weighted by Crippen LogP contribution is 2.25. The van der Waals surface area contributed by atoms with Gasteiger partial charge in [-0.25, -0.2) is 0 Å². The Morgan fingerprint density at radius 1 is 0.864 bits per heavy atom. The first-order chi connectivity index (χ1) is 10.3. The van der Waals surface area contributed by atoms with Gasteiger partial charge >= 0.3 is 0 Å². The fourth-order valence-electron chi connectivity index (χ4n) is 2.72. The molecule has 0 aliphatic carbocycles. The van der Waals surface area contributed by atoms with E-state index in [1.54, 1.807) is 12.1 Å². The van der Waals surface area contributed by atoms with Gasteiger partial charge in [-0.1, -0.05) is 54.6 Å². The van der Waals surface area contributed by atoms with Crippen molar-refractivity contribution in [3.63, 3.8) is 0 Å². The van der Waals surface area contributed by atoms with E-state index in [0.717, 1.165) is 6.42 Å². The summed E-state index contributed by atoms with van der Waals surface area (Å²) < 4.78 is 0. The second-order valence-electron chi connectivity index (χ2n) is 5.41. The first-order valence-electron chi connectivity index (χ1n) is 7.23. The van der Waals surface area contributed by atoms with Gasteiger partial charge in [0.25, 0.3) is 0 Å². The summed E-state index contributed by atoms with van der Waals surface area (Å²) in [5.41, 5.74) is 8.44. The molecule has 2 nitrogen and oxygen atoms in total. The zero-order valence-electron chi connectivity index (χ0n) is 12.3. The molecule has 3 N–H and O–H groups in total. The van der Waals surface area contributed by atoms with Crippen LogP contribution in [0.5, 0.6) is 5.75 Å². The van der Waals surface area contributed by atoms with Crippen LogP contribution in [0, 0.1) is 0 Å². The molecule has 0 fully saturated rings. The maximum atomic E-state index is 9.36. The van der Waals surface area contributed by atoms with Crippen LogP contribution in [0.3, 0.4) is 0 Å². The Labute approximate surface area is 137 Å². The number of benzene rings is 3. The van der Waals surface area contributed by atoms with Gasteiger partial charge in [-0.15, -0.1) is 12.4 Å². The van der Waals surface area contributed by atoms with Crippen molar-refractivity contribution >= 4 is 23.2 Å². The molecule has 0 heterocycles. The Morgan fingerprint density at radius 2 is 1.55 bits per heavy atom. The largest absolute Gasteiger partial charge is 0.508 e. The zero-order valence-corrected chi connectivity index (χ0v) is 13.1. The summed E-state index contributed by atoms with van der Waals surface area (Å²) in [5.74, 6) is 0.591. The van der Waals surface area contributed by atoms with Crippen LogP contribution >= 0.6 is 12.4 Å². The smallest absolute Gasteiger partial charge is 0.115 e. The molecule has 1 unspecified atom stereocenters. The van der Waals surface area contributed by atoms with Crippen molar-refractivity contribution in [2.75, 3.05) is 6.54 Å². The molecular formula is C19H20ClNO. The minimum atomic E-state index is 0. The van der Waals surface area contributed by atoms with Gasteiger partial charge in [0.1, 0.15) is 5.75 Å². The second kappa shape index (κ2) is 7.30. The molecule has 22 heavy (non-hydrogen) atoms. The van der Waals surface area contributed by atoms with Gasteiger partial charge in [-0.3, -0.25) is 0 Å². The molecule has 0 aliphatic rings. The molecule has 0 amide bonds. The molecule has 0 spiro atoms. The number of halogens is 1. The zero-order chi connectivity index (χ0) is 14.7. The molecule has 1 atom stereocenters. The number of phenols is 1. The molecule has 3 rings (SSSR count). The summed E-state index contributed by atoms with van der Waals surface area (Å²) in [7, 11) is 0. The first kappa shape index (κ1) is 16.3. The molecule has 0 aliphatic heterocycles. The Bertz CT molecular complexity index is 740. The number of phenolic OH excluding ortho intramolecular Hbond substituents is 1. The number of aromatic hydroxyl groups is 1. The Hall–Kier alpha value is -2.03. The number of hydrogen-bond donors (Lipinski definition) is 2. The average Bonchev–Trinajstić information content (AvgIpc) is 2.54. The predicted octanol–water partition coefficient (Wildman–Crippen LogP) is 4.25. The Kier molecular flexibility index (Phi) is 5.42. The summed E-state index contributed by atoms with van der Waals surface area (Å²) in [6.45, 7) is 0.610. The molecule has 0 bridgehead atoms. The normalized spacial score (nSPS) is 11.9. The monoisotopic (exact) mass is 313 g/mol. The summed E-state index contributed by atoms with van der Waals surface area (Å²) in [6.07, 6.45) is 0.884. The van der Waals surface area contributed by atoms with E-state index < -0.39 is 0 Å². The Balaban J connectivity index is 0.00000176. The van der Waals surface area contributed by atoms with E-state index in [1.807, 2.05) is 12.1 Å². The van der Waals surface area contributed by atoms with Gasteiger partial charge in [-0.2, -0.15) is 0 Å². The van der Waals surface area contributed by atoms with E-state index in [0.29, 0.717) is 18.2 Å². The predicted molar refractivity (Wildman–Crippen MR) is 94.8 cm³/mol. The lowest BCUT2D eigenvalue weighted by Crippen LogP contribution is -2.15. The minimum Gasteiger partial charge on any atom is -0.508 e. The fourth-order valence-corrected chi connectivity index (χ4v) is 2.72. The van der Waals surface area contributed by atoms with Crippen LogP contribution in [0.1, 0.15) is 17.0 Å². The van der Waals surface area contributed by atoms with Crippen LogP contribution in [0.4, 0.5) is 0 Å². The molecule has 0 saturated carbocycles. The van der Waals surface area contributed by atoms with E-state index in [9.17, 15) is 5.11 Å². The van der Waals surface area contributed by atoms with Gasteiger partial charge in [0.2, 0.25) is 0 Å². The lowest BCUT2D eigenvalue weighted by atomic mass is 9.90. The third-order valence-corrected chi connectivity index (χ3v) is 3.95. The lowest BCUT2D eigenvalue weighted by Gasteiger charge is -2.16. The van der Waals surface area contributed by atoms with Crippen molar-refractivity contribution < 1.29 is 5.11 Å². The number of fused-ring (bicyclic) bond motifs is 1.